The van der Waals surface area contributed by atoms with Gasteiger partial charge in [-0.15, -0.1) is 12.4 Å². The van der Waals surface area contributed by atoms with Crippen molar-refractivity contribution in [3.8, 4) is 0 Å². The first-order valence-electron chi connectivity index (χ1n) is 7.94. The molecule has 4 rings (SSSR count). The van der Waals surface area contributed by atoms with Gasteiger partial charge in [-0.05, 0) is 37.3 Å². The maximum atomic E-state index is 5.64. The Labute approximate surface area is 137 Å². The van der Waals surface area contributed by atoms with Crippen molar-refractivity contribution in [2.45, 2.75) is 37.5 Å². The molecule has 1 aliphatic heterocycles. The first-order valence-corrected chi connectivity index (χ1v) is 7.94. The molecule has 1 aliphatic carbocycles. The van der Waals surface area contributed by atoms with Gasteiger partial charge in [0.2, 0.25) is 5.89 Å². The van der Waals surface area contributed by atoms with Crippen LogP contribution in [0.2, 0.25) is 0 Å². The Morgan fingerprint density at radius 2 is 2.09 bits per heavy atom. The standard InChI is InChI=1S/C17H21N3O.ClH/c1-2-5-13(6-3-1)8-9-15-19-16(21-20-15)17-10-4-7-14(17)11-18-12-17;/h1-3,5-6,14,18H,4,7-12H2;1H/t14-,17-;/m1./s1. The lowest BCUT2D eigenvalue weighted by Gasteiger charge is -2.22. The summed E-state index contributed by atoms with van der Waals surface area (Å²) in [6.45, 7) is 2.10. The van der Waals surface area contributed by atoms with Gasteiger partial charge in [0, 0.05) is 13.0 Å². The molecule has 0 bridgehead atoms. The van der Waals surface area contributed by atoms with E-state index in [4.69, 9.17) is 9.51 Å². The molecule has 2 atom stereocenters. The Hall–Kier alpha value is -1.39. The van der Waals surface area contributed by atoms with E-state index < -0.39 is 0 Å². The predicted octanol–water partition coefficient (Wildman–Crippen LogP) is 2.92. The first-order chi connectivity index (χ1) is 10.4. The molecular formula is C17H22ClN3O. The average molecular weight is 320 g/mol. The molecule has 0 radical (unpaired) electrons. The van der Waals surface area contributed by atoms with Crippen LogP contribution in [0.5, 0.6) is 0 Å². The zero-order chi connectivity index (χ0) is 14.1. The minimum absolute atomic E-state index is 0. The predicted molar refractivity (Wildman–Crippen MR) is 87.3 cm³/mol. The summed E-state index contributed by atoms with van der Waals surface area (Å²) in [5, 5.41) is 7.72. The third kappa shape index (κ3) is 2.66. The van der Waals surface area contributed by atoms with Gasteiger partial charge < -0.3 is 9.84 Å². The van der Waals surface area contributed by atoms with Crippen LogP contribution in [0.15, 0.2) is 34.9 Å². The van der Waals surface area contributed by atoms with Crippen LogP contribution in [0.4, 0.5) is 0 Å². The summed E-state index contributed by atoms with van der Waals surface area (Å²) in [6.07, 6.45) is 5.57. The van der Waals surface area contributed by atoms with E-state index >= 15 is 0 Å². The van der Waals surface area contributed by atoms with Gasteiger partial charge >= 0.3 is 0 Å². The fourth-order valence-electron chi connectivity index (χ4n) is 3.96. The highest BCUT2D eigenvalue weighted by Crippen LogP contribution is 2.47. The molecule has 0 unspecified atom stereocenters. The summed E-state index contributed by atoms with van der Waals surface area (Å²) in [5.74, 6) is 2.40. The average Bonchev–Trinajstić information content (AvgIpc) is 3.21. The van der Waals surface area contributed by atoms with Gasteiger partial charge in [-0.25, -0.2) is 0 Å². The van der Waals surface area contributed by atoms with Crippen LogP contribution < -0.4 is 5.32 Å². The quantitative estimate of drug-likeness (QED) is 0.941. The van der Waals surface area contributed by atoms with Crippen molar-refractivity contribution in [3.63, 3.8) is 0 Å². The zero-order valence-corrected chi connectivity index (χ0v) is 13.4. The smallest absolute Gasteiger partial charge is 0.234 e. The molecule has 118 valence electrons. The molecular weight excluding hydrogens is 298 g/mol. The molecule has 2 heterocycles. The molecule has 22 heavy (non-hydrogen) atoms. The van der Waals surface area contributed by atoms with Crippen molar-refractivity contribution in [1.29, 1.82) is 0 Å². The zero-order valence-electron chi connectivity index (χ0n) is 12.6. The number of rotatable bonds is 4. The molecule has 1 aromatic heterocycles. The third-order valence-electron chi connectivity index (χ3n) is 5.16. The molecule has 1 aromatic carbocycles. The number of nitrogens with zero attached hydrogens (tertiary/aromatic N) is 2. The van der Waals surface area contributed by atoms with Gasteiger partial charge in [-0.1, -0.05) is 41.9 Å². The van der Waals surface area contributed by atoms with Crippen molar-refractivity contribution in [2.24, 2.45) is 5.92 Å². The molecule has 1 N–H and O–H groups in total. The summed E-state index contributed by atoms with van der Waals surface area (Å²) < 4.78 is 5.64. The van der Waals surface area contributed by atoms with Crippen LogP contribution in [0.3, 0.4) is 0 Å². The van der Waals surface area contributed by atoms with Gasteiger partial charge in [0.15, 0.2) is 5.82 Å². The molecule has 1 saturated carbocycles. The molecule has 0 spiro atoms. The Morgan fingerprint density at radius 3 is 2.95 bits per heavy atom. The highest BCUT2D eigenvalue weighted by Gasteiger charge is 2.51. The summed E-state index contributed by atoms with van der Waals surface area (Å²) >= 11 is 0. The number of benzene rings is 1. The van der Waals surface area contributed by atoms with Gasteiger partial charge in [0.1, 0.15) is 0 Å². The van der Waals surface area contributed by atoms with E-state index in [1.54, 1.807) is 0 Å². The molecule has 2 fully saturated rings. The van der Waals surface area contributed by atoms with Gasteiger partial charge in [-0.2, -0.15) is 4.98 Å². The lowest BCUT2D eigenvalue weighted by atomic mass is 9.80. The number of halogens is 1. The van der Waals surface area contributed by atoms with E-state index in [1.807, 2.05) is 6.07 Å². The van der Waals surface area contributed by atoms with Crippen LogP contribution in [0.1, 0.15) is 36.5 Å². The molecule has 2 aromatic rings. The van der Waals surface area contributed by atoms with Gasteiger partial charge in [-0.3, -0.25) is 0 Å². The van der Waals surface area contributed by atoms with Crippen molar-refractivity contribution >= 4 is 12.4 Å². The Bertz CT molecular complexity index is 603. The minimum Gasteiger partial charge on any atom is -0.339 e. The molecule has 4 nitrogen and oxygen atoms in total. The maximum absolute atomic E-state index is 5.64. The van der Waals surface area contributed by atoms with Crippen molar-refractivity contribution < 1.29 is 4.52 Å². The maximum Gasteiger partial charge on any atom is 0.234 e. The second-order valence-corrected chi connectivity index (χ2v) is 6.38. The van der Waals surface area contributed by atoms with Crippen molar-refractivity contribution in [1.82, 2.24) is 15.5 Å². The first kappa shape index (κ1) is 15.5. The number of hydrogen-bond donors (Lipinski definition) is 1. The summed E-state index contributed by atoms with van der Waals surface area (Å²) in [4.78, 5) is 4.72. The SMILES string of the molecule is Cl.c1ccc(CCc2noc([C@@]34CCC[C@@H]3CNC4)n2)cc1. The van der Waals surface area contributed by atoms with Crippen LogP contribution in [-0.4, -0.2) is 23.2 Å². The Balaban J connectivity index is 0.00000144. The minimum atomic E-state index is 0. The number of nitrogens with one attached hydrogen (secondary N) is 1. The number of hydrogen-bond acceptors (Lipinski definition) is 4. The van der Waals surface area contributed by atoms with Crippen molar-refractivity contribution in [2.75, 3.05) is 13.1 Å². The van der Waals surface area contributed by atoms with E-state index in [0.717, 1.165) is 37.6 Å². The van der Waals surface area contributed by atoms with E-state index in [-0.39, 0.29) is 17.8 Å². The van der Waals surface area contributed by atoms with Crippen LogP contribution in [0, 0.1) is 5.92 Å². The topological polar surface area (TPSA) is 51.0 Å². The lowest BCUT2D eigenvalue weighted by molar-refractivity contribution is 0.264. The van der Waals surface area contributed by atoms with E-state index in [9.17, 15) is 0 Å². The van der Waals surface area contributed by atoms with E-state index in [2.05, 4.69) is 34.7 Å². The van der Waals surface area contributed by atoms with E-state index in [1.165, 1.54) is 24.8 Å². The normalized spacial score (nSPS) is 26.6. The summed E-state index contributed by atoms with van der Waals surface area (Å²) in [6, 6.07) is 10.5. The number of fused-ring (bicyclic) bond motifs is 1. The highest BCUT2D eigenvalue weighted by molar-refractivity contribution is 5.85. The fraction of sp³-hybridized carbons (Fsp3) is 0.529. The summed E-state index contributed by atoms with van der Waals surface area (Å²) in [5.41, 5.74) is 1.45. The van der Waals surface area contributed by atoms with E-state index in [0.29, 0.717) is 5.92 Å². The Kier molecular flexibility index (Phi) is 4.50. The van der Waals surface area contributed by atoms with Gasteiger partial charge in [0.25, 0.3) is 0 Å². The van der Waals surface area contributed by atoms with Crippen LogP contribution in [0.25, 0.3) is 0 Å². The monoisotopic (exact) mass is 319 g/mol. The molecule has 0 amide bonds. The van der Waals surface area contributed by atoms with Gasteiger partial charge in [0.05, 0.1) is 5.41 Å². The molecule has 1 saturated heterocycles. The number of aryl methyl sites for hydroxylation is 2. The summed E-state index contributed by atoms with van der Waals surface area (Å²) in [7, 11) is 0. The fourth-order valence-corrected chi connectivity index (χ4v) is 3.96. The second kappa shape index (κ2) is 6.39. The van der Waals surface area contributed by atoms with Crippen LogP contribution in [-0.2, 0) is 18.3 Å². The molecule has 2 aliphatic rings. The highest BCUT2D eigenvalue weighted by atomic mass is 35.5. The lowest BCUT2D eigenvalue weighted by Crippen LogP contribution is -2.31. The van der Waals surface area contributed by atoms with Crippen molar-refractivity contribution in [3.05, 3.63) is 47.6 Å². The second-order valence-electron chi connectivity index (χ2n) is 6.38. The number of aromatic nitrogens is 2. The Morgan fingerprint density at radius 1 is 1.23 bits per heavy atom. The third-order valence-corrected chi connectivity index (χ3v) is 5.16. The molecule has 5 heteroatoms. The van der Waals surface area contributed by atoms with Crippen LogP contribution >= 0.6 is 12.4 Å². The largest absolute Gasteiger partial charge is 0.339 e.